The van der Waals surface area contributed by atoms with E-state index in [4.69, 9.17) is 9.47 Å². The van der Waals surface area contributed by atoms with Crippen LogP contribution in [0.1, 0.15) is 24.8 Å². The van der Waals surface area contributed by atoms with Gasteiger partial charge in [0.1, 0.15) is 6.10 Å². The standard InChI is InChI=1S/C26H32N4O3/c1-32-13-4-12-29-17-20(18-30(21-8-9-21)26(31)24-16-28-11-14-33-24)25-22(6-2-7-23(25)29)19-5-3-10-27-15-19/h2-3,5-7,10,15,17,21,24,28H,4,8-9,11-14,16,18H2,1H3/t24-/m1/s1. The Morgan fingerprint density at radius 1 is 1.30 bits per heavy atom. The number of benzene rings is 1. The Labute approximate surface area is 194 Å². The second-order valence-electron chi connectivity index (χ2n) is 8.90. The summed E-state index contributed by atoms with van der Waals surface area (Å²) in [5.41, 5.74) is 4.59. The number of hydrogen-bond acceptors (Lipinski definition) is 5. The lowest BCUT2D eigenvalue weighted by Crippen LogP contribution is -2.49. The number of pyridine rings is 1. The molecule has 1 N–H and O–H groups in total. The molecule has 0 spiro atoms. The summed E-state index contributed by atoms with van der Waals surface area (Å²) >= 11 is 0. The van der Waals surface area contributed by atoms with Gasteiger partial charge in [-0.2, -0.15) is 0 Å². The van der Waals surface area contributed by atoms with Gasteiger partial charge in [0.15, 0.2) is 0 Å². The lowest BCUT2D eigenvalue weighted by atomic mass is 10.00. The third-order valence-corrected chi connectivity index (χ3v) is 6.52. The molecule has 1 aliphatic carbocycles. The molecule has 0 radical (unpaired) electrons. The first-order valence-corrected chi connectivity index (χ1v) is 11.9. The van der Waals surface area contributed by atoms with Gasteiger partial charge in [-0.3, -0.25) is 9.78 Å². The van der Waals surface area contributed by atoms with Gasteiger partial charge in [-0.25, -0.2) is 0 Å². The van der Waals surface area contributed by atoms with Crippen molar-refractivity contribution in [2.45, 2.75) is 44.5 Å². The highest BCUT2D eigenvalue weighted by molar-refractivity contribution is 5.98. The molecule has 1 saturated heterocycles. The second-order valence-corrected chi connectivity index (χ2v) is 8.90. The van der Waals surface area contributed by atoms with Gasteiger partial charge in [0, 0.05) is 81.0 Å². The zero-order valence-corrected chi connectivity index (χ0v) is 19.2. The van der Waals surface area contributed by atoms with E-state index in [0.717, 1.165) is 50.1 Å². The number of rotatable bonds is 9. The molecule has 2 fully saturated rings. The predicted octanol–water partition coefficient (Wildman–Crippen LogP) is 3.22. The molecule has 1 aliphatic heterocycles. The van der Waals surface area contributed by atoms with Crippen molar-refractivity contribution in [1.29, 1.82) is 0 Å². The van der Waals surface area contributed by atoms with Gasteiger partial charge in [0.05, 0.1) is 6.61 Å². The average Bonchev–Trinajstić information content (AvgIpc) is 3.65. The highest BCUT2D eigenvalue weighted by Gasteiger charge is 2.37. The van der Waals surface area contributed by atoms with E-state index in [-0.39, 0.29) is 5.91 Å². The van der Waals surface area contributed by atoms with Crippen LogP contribution in [0.2, 0.25) is 0 Å². The van der Waals surface area contributed by atoms with Crippen molar-refractivity contribution in [3.63, 3.8) is 0 Å². The van der Waals surface area contributed by atoms with Crippen LogP contribution in [-0.4, -0.2) is 65.9 Å². The average molecular weight is 449 g/mol. The lowest BCUT2D eigenvalue weighted by Gasteiger charge is -2.30. The molecule has 2 aromatic heterocycles. The highest BCUT2D eigenvalue weighted by Crippen LogP contribution is 2.36. The van der Waals surface area contributed by atoms with Crippen LogP contribution in [0.3, 0.4) is 0 Å². The third kappa shape index (κ3) is 4.81. The summed E-state index contributed by atoms with van der Waals surface area (Å²) in [5.74, 6) is 0.101. The van der Waals surface area contributed by atoms with Gasteiger partial charge in [0.2, 0.25) is 0 Å². The van der Waals surface area contributed by atoms with Crippen LogP contribution in [0.4, 0.5) is 0 Å². The Morgan fingerprint density at radius 3 is 2.94 bits per heavy atom. The summed E-state index contributed by atoms with van der Waals surface area (Å²) < 4.78 is 13.4. The maximum Gasteiger partial charge on any atom is 0.253 e. The SMILES string of the molecule is COCCCn1cc(CN(C(=O)[C@H]2CNCCO2)C2CC2)c2c(-c3cccnc3)cccc21. The smallest absolute Gasteiger partial charge is 0.253 e. The fraction of sp³-hybridized carbons (Fsp3) is 0.462. The van der Waals surface area contributed by atoms with E-state index >= 15 is 0 Å². The number of carbonyl (C=O) groups excluding carboxylic acids is 1. The number of hydrogen-bond donors (Lipinski definition) is 1. The minimum atomic E-state index is -0.396. The number of fused-ring (bicyclic) bond motifs is 1. The molecule has 1 saturated carbocycles. The normalized spacial score (nSPS) is 18.5. The number of morpholine rings is 1. The molecule has 3 heterocycles. The van der Waals surface area contributed by atoms with E-state index in [1.165, 1.54) is 16.5 Å². The zero-order chi connectivity index (χ0) is 22.6. The number of aryl methyl sites for hydroxylation is 1. The van der Waals surface area contributed by atoms with E-state index in [9.17, 15) is 4.79 Å². The highest BCUT2D eigenvalue weighted by atomic mass is 16.5. The number of carbonyl (C=O) groups is 1. The van der Waals surface area contributed by atoms with Crippen molar-refractivity contribution in [2.75, 3.05) is 33.4 Å². The molecule has 2 aliphatic rings. The molecule has 7 heteroatoms. The number of aromatic nitrogens is 2. The first kappa shape index (κ1) is 22.1. The summed E-state index contributed by atoms with van der Waals surface area (Å²) in [6.07, 6.45) is 8.60. The molecule has 5 rings (SSSR count). The Hall–Kier alpha value is -2.74. The summed E-state index contributed by atoms with van der Waals surface area (Å²) in [6.45, 7) is 4.15. The van der Waals surface area contributed by atoms with Gasteiger partial charge in [-0.05, 0) is 42.5 Å². The van der Waals surface area contributed by atoms with Gasteiger partial charge in [-0.15, -0.1) is 0 Å². The van der Waals surface area contributed by atoms with Crippen molar-refractivity contribution in [1.82, 2.24) is 19.8 Å². The Bertz CT molecular complexity index is 1090. The van der Waals surface area contributed by atoms with Crippen LogP contribution in [0.5, 0.6) is 0 Å². The van der Waals surface area contributed by atoms with E-state index in [1.807, 2.05) is 17.2 Å². The summed E-state index contributed by atoms with van der Waals surface area (Å²) in [7, 11) is 1.74. The number of ether oxygens (including phenoxy) is 2. The van der Waals surface area contributed by atoms with E-state index in [0.29, 0.717) is 25.7 Å². The number of amides is 1. The van der Waals surface area contributed by atoms with E-state index in [1.54, 1.807) is 13.3 Å². The van der Waals surface area contributed by atoms with Crippen LogP contribution in [0, 0.1) is 0 Å². The molecule has 1 aromatic carbocycles. The predicted molar refractivity (Wildman–Crippen MR) is 128 cm³/mol. The fourth-order valence-corrected chi connectivity index (χ4v) is 4.75. The molecular weight excluding hydrogens is 416 g/mol. The largest absolute Gasteiger partial charge is 0.385 e. The molecule has 0 bridgehead atoms. The first-order chi connectivity index (χ1) is 16.3. The molecule has 3 aromatic rings. The van der Waals surface area contributed by atoms with E-state index < -0.39 is 6.10 Å². The zero-order valence-electron chi connectivity index (χ0n) is 19.2. The topological polar surface area (TPSA) is 68.6 Å². The molecule has 1 atom stereocenters. The monoisotopic (exact) mass is 448 g/mol. The summed E-state index contributed by atoms with van der Waals surface area (Å²) in [4.78, 5) is 19.8. The van der Waals surface area contributed by atoms with Gasteiger partial charge in [-0.1, -0.05) is 18.2 Å². The van der Waals surface area contributed by atoms with Crippen molar-refractivity contribution in [3.8, 4) is 11.1 Å². The van der Waals surface area contributed by atoms with Crippen LogP contribution in [0.25, 0.3) is 22.0 Å². The van der Waals surface area contributed by atoms with Crippen LogP contribution < -0.4 is 5.32 Å². The molecule has 1 amide bonds. The molecule has 33 heavy (non-hydrogen) atoms. The molecule has 174 valence electrons. The summed E-state index contributed by atoms with van der Waals surface area (Å²) in [5, 5.41) is 4.49. The van der Waals surface area contributed by atoms with Gasteiger partial charge >= 0.3 is 0 Å². The van der Waals surface area contributed by atoms with Crippen molar-refractivity contribution < 1.29 is 14.3 Å². The maximum absolute atomic E-state index is 13.4. The van der Waals surface area contributed by atoms with Crippen LogP contribution >= 0.6 is 0 Å². The lowest BCUT2D eigenvalue weighted by molar-refractivity contribution is -0.146. The minimum Gasteiger partial charge on any atom is -0.385 e. The second kappa shape index (κ2) is 10.0. The van der Waals surface area contributed by atoms with Crippen molar-refractivity contribution in [3.05, 3.63) is 54.5 Å². The van der Waals surface area contributed by atoms with Crippen molar-refractivity contribution in [2.24, 2.45) is 0 Å². The minimum absolute atomic E-state index is 0.101. The maximum atomic E-state index is 13.4. The molecular formula is C26H32N4O3. The molecule has 0 unspecified atom stereocenters. The number of nitrogens with zero attached hydrogens (tertiary/aromatic N) is 3. The van der Waals surface area contributed by atoms with Gasteiger partial charge in [0.25, 0.3) is 5.91 Å². The Kier molecular flexibility index (Phi) is 6.71. The van der Waals surface area contributed by atoms with E-state index in [2.05, 4.69) is 45.3 Å². The van der Waals surface area contributed by atoms with Gasteiger partial charge < -0.3 is 24.3 Å². The van der Waals surface area contributed by atoms with Crippen LogP contribution in [0.15, 0.2) is 48.9 Å². The quantitative estimate of drug-likeness (QED) is 0.509. The number of nitrogens with one attached hydrogen (secondary N) is 1. The first-order valence-electron chi connectivity index (χ1n) is 11.9. The summed E-state index contributed by atoms with van der Waals surface area (Å²) in [6, 6.07) is 10.8. The fourth-order valence-electron chi connectivity index (χ4n) is 4.75. The van der Waals surface area contributed by atoms with Crippen molar-refractivity contribution >= 4 is 16.8 Å². The number of methoxy groups -OCH3 is 1. The Balaban J connectivity index is 1.53. The Morgan fingerprint density at radius 2 is 2.21 bits per heavy atom. The third-order valence-electron chi connectivity index (χ3n) is 6.52. The van der Waals surface area contributed by atoms with Crippen LogP contribution in [-0.2, 0) is 27.4 Å². The molecule has 7 nitrogen and oxygen atoms in total.